The first-order valence-corrected chi connectivity index (χ1v) is 10.9. The van der Waals surface area contributed by atoms with Crippen LogP contribution in [0.4, 0.5) is 10.1 Å². The molecule has 2 fully saturated rings. The van der Waals surface area contributed by atoms with Crippen LogP contribution in [0.25, 0.3) is 0 Å². The first-order chi connectivity index (χ1) is 15.8. The van der Waals surface area contributed by atoms with Gasteiger partial charge in [-0.05, 0) is 31.5 Å². The van der Waals surface area contributed by atoms with Crippen LogP contribution in [-0.2, 0) is 19.1 Å². The molecule has 0 spiro atoms. The molecule has 2 aliphatic rings. The first-order valence-electron chi connectivity index (χ1n) is 10.9. The third kappa shape index (κ3) is 3.45. The van der Waals surface area contributed by atoms with Gasteiger partial charge in [-0.3, -0.25) is 24.5 Å². The number of carbonyl (C=O) groups excluding carboxylic acids is 4. The Kier molecular flexibility index (Phi) is 5.88. The third-order valence-electron chi connectivity index (χ3n) is 6.60. The molecule has 8 heteroatoms. The molecule has 4 rings (SSSR count). The summed E-state index contributed by atoms with van der Waals surface area (Å²) in [5.74, 6) is -4.63. The van der Waals surface area contributed by atoms with Gasteiger partial charge in [0.05, 0.1) is 24.6 Å². The van der Waals surface area contributed by atoms with Gasteiger partial charge < -0.3 is 4.74 Å². The summed E-state index contributed by atoms with van der Waals surface area (Å²) in [6.45, 7) is 3.25. The zero-order chi connectivity index (χ0) is 23.9. The van der Waals surface area contributed by atoms with Crippen LogP contribution in [0.3, 0.4) is 0 Å². The van der Waals surface area contributed by atoms with Crippen LogP contribution in [0.2, 0.25) is 0 Å². The standard InChI is InChI=1S/C25H25FN2O5/c1-4-12-25(24(32)33-3)20-19(21(27-25)17-10-5-6-11-18(17)26)22(30)28(23(20)31)16-9-7-8-15(13-16)14(2)29/h5-11,13,19-21,27H,4,12H2,1-3H3/t19-,20+,21-,25-/m0/s1. The van der Waals surface area contributed by atoms with Crippen molar-refractivity contribution < 1.29 is 28.3 Å². The monoisotopic (exact) mass is 452 g/mol. The van der Waals surface area contributed by atoms with E-state index in [1.807, 2.05) is 6.92 Å². The zero-order valence-corrected chi connectivity index (χ0v) is 18.6. The number of carbonyl (C=O) groups is 4. The molecule has 0 unspecified atom stereocenters. The summed E-state index contributed by atoms with van der Waals surface area (Å²) in [4.78, 5) is 53.4. The number of hydrogen-bond acceptors (Lipinski definition) is 6. The third-order valence-corrected chi connectivity index (χ3v) is 6.60. The summed E-state index contributed by atoms with van der Waals surface area (Å²) in [7, 11) is 1.22. The lowest BCUT2D eigenvalue weighted by Crippen LogP contribution is -2.56. The molecular formula is C25H25FN2O5. The molecule has 172 valence electrons. The van der Waals surface area contributed by atoms with Crippen molar-refractivity contribution in [1.82, 2.24) is 5.32 Å². The predicted molar refractivity (Wildman–Crippen MR) is 118 cm³/mol. The minimum absolute atomic E-state index is 0.204. The van der Waals surface area contributed by atoms with E-state index in [1.54, 1.807) is 30.3 Å². The van der Waals surface area contributed by atoms with E-state index in [1.165, 1.54) is 32.2 Å². The second-order valence-corrected chi connectivity index (χ2v) is 8.48. The van der Waals surface area contributed by atoms with Gasteiger partial charge in [-0.25, -0.2) is 9.29 Å². The first kappa shape index (κ1) is 22.8. The summed E-state index contributed by atoms with van der Waals surface area (Å²) >= 11 is 0. The molecule has 33 heavy (non-hydrogen) atoms. The van der Waals surface area contributed by atoms with Crippen molar-refractivity contribution in [1.29, 1.82) is 0 Å². The number of ether oxygens (including phenoxy) is 1. The number of nitrogens with one attached hydrogen (secondary N) is 1. The van der Waals surface area contributed by atoms with Crippen molar-refractivity contribution in [2.45, 2.75) is 38.3 Å². The van der Waals surface area contributed by atoms with Gasteiger partial charge in [0.1, 0.15) is 11.4 Å². The predicted octanol–water partition coefficient (Wildman–Crippen LogP) is 3.19. The average molecular weight is 452 g/mol. The van der Waals surface area contributed by atoms with Crippen LogP contribution in [-0.4, -0.2) is 36.2 Å². The highest BCUT2D eigenvalue weighted by Crippen LogP contribution is 2.52. The highest BCUT2D eigenvalue weighted by molar-refractivity contribution is 6.24. The smallest absolute Gasteiger partial charge is 0.326 e. The molecule has 0 aromatic heterocycles. The summed E-state index contributed by atoms with van der Waals surface area (Å²) in [5.41, 5.74) is -0.688. The van der Waals surface area contributed by atoms with E-state index in [-0.39, 0.29) is 23.5 Å². The fourth-order valence-electron chi connectivity index (χ4n) is 5.21. The van der Waals surface area contributed by atoms with Crippen molar-refractivity contribution in [3.63, 3.8) is 0 Å². The fraction of sp³-hybridized carbons (Fsp3) is 0.360. The number of fused-ring (bicyclic) bond motifs is 1. The summed E-state index contributed by atoms with van der Waals surface area (Å²) in [6, 6.07) is 11.3. The number of nitrogens with zero attached hydrogens (tertiary/aromatic N) is 1. The van der Waals surface area contributed by atoms with Crippen LogP contribution >= 0.6 is 0 Å². The molecule has 0 aliphatic carbocycles. The number of halogens is 1. The Bertz CT molecular complexity index is 1150. The van der Waals surface area contributed by atoms with Crippen molar-refractivity contribution in [2.75, 3.05) is 12.0 Å². The SMILES string of the molecule is CCC[C@]1(C(=O)OC)N[C@@H](c2ccccc2F)[C@H]2C(=O)N(c3cccc(C(C)=O)c3)C(=O)[C@@H]21. The molecule has 2 amide bonds. The molecule has 7 nitrogen and oxygen atoms in total. The topological polar surface area (TPSA) is 92.8 Å². The average Bonchev–Trinajstić information content (AvgIpc) is 3.28. The number of ketones is 1. The second kappa shape index (κ2) is 8.51. The van der Waals surface area contributed by atoms with E-state index in [2.05, 4.69) is 5.32 Å². The van der Waals surface area contributed by atoms with Gasteiger partial charge in [0.15, 0.2) is 5.78 Å². The van der Waals surface area contributed by atoms with Crippen LogP contribution in [0.1, 0.15) is 48.7 Å². The number of imide groups is 1. The number of benzene rings is 2. The van der Waals surface area contributed by atoms with E-state index in [4.69, 9.17) is 4.74 Å². The van der Waals surface area contributed by atoms with Gasteiger partial charge in [0.2, 0.25) is 11.8 Å². The highest BCUT2D eigenvalue weighted by Gasteiger charge is 2.68. The van der Waals surface area contributed by atoms with Crippen LogP contribution in [0.15, 0.2) is 48.5 Å². The molecule has 2 aromatic carbocycles. The summed E-state index contributed by atoms with van der Waals surface area (Å²) < 4.78 is 19.9. The lowest BCUT2D eigenvalue weighted by atomic mass is 9.77. The van der Waals surface area contributed by atoms with E-state index < -0.39 is 47.0 Å². The number of esters is 1. The fourth-order valence-corrected chi connectivity index (χ4v) is 5.21. The summed E-state index contributed by atoms with van der Waals surface area (Å²) in [5, 5.41) is 3.14. The lowest BCUT2D eigenvalue weighted by Gasteiger charge is -2.32. The van der Waals surface area contributed by atoms with Gasteiger partial charge >= 0.3 is 5.97 Å². The molecule has 2 heterocycles. The Morgan fingerprint density at radius 2 is 1.85 bits per heavy atom. The Morgan fingerprint density at radius 3 is 2.48 bits per heavy atom. The van der Waals surface area contributed by atoms with Gasteiger partial charge in [0.25, 0.3) is 0 Å². The summed E-state index contributed by atoms with van der Waals surface area (Å²) in [6.07, 6.45) is 0.753. The number of rotatable bonds is 6. The molecule has 2 aliphatic heterocycles. The normalized spacial score (nSPS) is 26.4. The van der Waals surface area contributed by atoms with E-state index in [0.29, 0.717) is 12.0 Å². The van der Waals surface area contributed by atoms with Crippen molar-refractivity contribution >= 4 is 29.3 Å². The minimum atomic E-state index is -1.49. The van der Waals surface area contributed by atoms with Gasteiger partial charge in [0, 0.05) is 17.2 Å². The van der Waals surface area contributed by atoms with E-state index in [9.17, 15) is 23.6 Å². The number of methoxy groups -OCH3 is 1. The number of hydrogen-bond donors (Lipinski definition) is 1. The molecule has 2 saturated heterocycles. The van der Waals surface area contributed by atoms with E-state index >= 15 is 0 Å². The maximum Gasteiger partial charge on any atom is 0.326 e. The van der Waals surface area contributed by atoms with Crippen molar-refractivity contribution in [3.05, 3.63) is 65.5 Å². The van der Waals surface area contributed by atoms with Crippen molar-refractivity contribution in [3.8, 4) is 0 Å². The Hall–Kier alpha value is -3.39. The zero-order valence-electron chi connectivity index (χ0n) is 18.6. The van der Waals surface area contributed by atoms with Gasteiger partial charge in [-0.1, -0.05) is 43.7 Å². The maximum absolute atomic E-state index is 14.8. The molecule has 2 aromatic rings. The molecule has 4 atom stereocenters. The second-order valence-electron chi connectivity index (χ2n) is 8.48. The highest BCUT2D eigenvalue weighted by atomic mass is 19.1. The maximum atomic E-state index is 14.8. The molecular weight excluding hydrogens is 427 g/mol. The Morgan fingerprint density at radius 1 is 1.12 bits per heavy atom. The largest absolute Gasteiger partial charge is 0.468 e. The van der Waals surface area contributed by atoms with Crippen LogP contribution in [0, 0.1) is 17.7 Å². The van der Waals surface area contributed by atoms with Crippen LogP contribution in [0.5, 0.6) is 0 Å². The molecule has 1 N–H and O–H groups in total. The van der Waals surface area contributed by atoms with Gasteiger partial charge in [-0.2, -0.15) is 0 Å². The number of anilines is 1. The molecule has 0 radical (unpaired) electrons. The Balaban J connectivity index is 1.88. The molecule has 0 saturated carbocycles. The number of Topliss-reactive ketones (excluding diaryl/α,β-unsaturated/α-hetero) is 1. The van der Waals surface area contributed by atoms with Gasteiger partial charge in [-0.15, -0.1) is 0 Å². The quantitative estimate of drug-likeness (QED) is 0.411. The minimum Gasteiger partial charge on any atom is -0.468 e. The number of amides is 2. The van der Waals surface area contributed by atoms with Crippen molar-refractivity contribution in [2.24, 2.45) is 11.8 Å². The van der Waals surface area contributed by atoms with Crippen LogP contribution < -0.4 is 10.2 Å². The molecule has 0 bridgehead atoms. The Labute approximate surface area is 190 Å². The lowest BCUT2D eigenvalue weighted by molar-refractivity contribution is -0.152. The van der Waals surface area contributed by atoms with E-state index in [0.717, 1.165) is 4.90 Å².